The number of nitrogens with zero attached hydrogens (tertiary/aromatic N) is 2. The number of urea groups is 1. The average Bonchev–Trinajstić information content (AvgIpc) is 2.15. The molecule has 0 bridgehead atoms. The fraction of sp³-hybridized carbons (Fsp3) is 0.286. The van der Waals surface area contributed by atoms with E-state index in [1.54, 1.807) is 5.32 Å². The molecule has 0 unspecified atom stereocenters. The summed E-state index contributed by atoms with van der Waals surface area (Å²) in [6.07, 6.45) is -0.663. The van der Waals surface area contributed by atoms with Crippen molar-refractivity contribution in [2.24, 2.45) is 0 Å². The molecule has 0 aromatic carbocycles. The van der Waals surface area contributed by atoms with Gasteiger partial charge in [0.25, 0.3) is 0 Å². The Morgan fingerprint density at radius 3 is 2.47 bits per heavy atom. The van der Waals surface area contributed by atoms with Crippen LogP contribution in [0.1, 0.15) is 0 Å². The van der Waals surface area contributed by atoms with Crippen molar-refractivity contribution in [2.75, 3.05) is 11.9 Å². The third-order valence-corrected chi connectivity index (χ3v) is 1.27. The van der Waals surface area contributed by atoms with Crippen molar-refractivity contribution in [2.45, 2.75) is 6.18 Å². The van der Waals surface area contributed by atoms with E-state index < -0.39 is 18.8 Å². The molecule has 0 aliphatic heterocycles. The fourth-order valence-electron chi connectivity index (χ4n) is 0.719. The first-order valence-electron chi connectivity index (χ1n) is 3.84. The minimum Gasteiger partial charge on any atom is -0.329 e. The first-order valence-corrected chi connectivity index (χ1v) is 3.84. The van der Waals surface area contributed by atoms with Gasteiger partial charge in [-0.05, 0) is 0 Å². The Morgan fingerprint density at radius 2 is 1.93 bits per heavy atom. The summed E-state index contributed by atoms with van der Waals surface area (Å²) in [6, 6.07) is -0.956. The maximum Gasteiger partial charge on any atom is 0.405 e. The molecule has 1 aromatic heterocycles. The number of rotatable bonds is 2. The molecule has 0 spiro atoms. The van der Waals surface area contributed by atoms with Crippen LogP contribution in [0.25, 0.3) is 0 Å². The molecule has 82 valence electrons. The lowest BCUT2D eigenvalue weighted by atomic mass is 10.5. The van der Waals surface area contributed by atoms with Crippen molar-refractivity contribution in [3.63, 3.8) is 0 Å². The summed E-state index contributed by atoms with van der Waals surface area (Å²) in [7, 11) is 0. The Bertz CT molecular complexity index is 327. The molecule has 0 aliphatic carbocycles. The highest BCUT2D eigenvalue weighted by molar-refractivity contribution is 5.88. The minimum atomic E-state index is -4.43. The topological polar surface area (TPSA) is 66.9 Å². The van der Waals surface area contributed by atoms with Gasteiger partial charge in [-0.3, -0.25) is 0 Å². The van der Waals surface area contributed by atoms with Gasteiger partial charge in [-0.15, -0.1) is 0 Å². The molecule has 2 amide bonds. The van der Waals surface area contributed by atoms with Gasteiger partial charge in [0.1, 0.15) is 12.9 Å². The molecule has 0 radical (unpaired) electrons. The van der Waals surface area contributed by atoms with Gasteiger partial charge < -0.3 is 10.6 Å². The molecule has 1 rings (SSSR count). The number of nitrogens with one attached hydrogen (secondary N) is 2. The van der Waals surface area contributed by atoms with E-state index in [-0.39, 0.29) is 5.69 Å². The van der Waals surface area contributed by atoms with Gasteiger partial charge in [-0.2, -0.15) is 13.2 Å². The summed E-state index contributed by atoms with van der Waals surface area (Å²) < 4.78 is 35.1. The molecule has 15 heavy (non-hydrogen) atoms. The maximum atomic E-state index is 11.7. The van der Waals surface area contributed by atoms with E-state index in [1.165, 1.54) is 18.7 Å². The molecule has 5 nitrogen and oxygen atoms in total. The Balaban J connectivity index is 2.38. The number of hydrogen-bond donors (Lipinski definition) is 2. The highest BCUT2D eigenvalue weighted by atomic mass is 19.4. The summed E-state index contributed by atoms with van der Waals surface area (Å²) in [5.41, 5.74) is 0.220. The van der Waals surface area contributed by atoms with E-state index in [0.29, 0.717) is 0 Å². The molecule has 0 fully saturated rings. The van der Waals surface area contributed by atoms with E-state index >= 15 is 0 Å². The predicted molar refractivity (Wildman–Crippen MR) is 45.1 cm³/mol. The first kappa shape index (κ1) is 11.2. The van der Waals surface area contributed by atoms with Gasteiger partial charge in [0.05, 0.1) is 18.1 Å². The van der Waals surface area contributed by atoms with Gasteiger partial charge >= 0.3 is 12.2 Å². The van der Waals surface area contributed by atoms with E-state index in [0.717, 1.165) is 0 Å². The standard InChI is InChI=1S/C7H7F3N4O/c8-7(9,10)3-13-6(15)14-5-1-11-4-12-2-5/h1-2,4H,3H2,(H2,13,14,15). The Labute approximate surface area is 82.7 Å². The van der Waals surface area contributed by atoms with Crippen molar-refractivity contribution in [1.29, 1.82) is 0 Å². The minimum absolute atomic E-state index is 0.220. The van der Waals surface area contributed by atoms with Gasteiger partial charge in [0.2, 0.25) is 0 Å². The summed E-state index contributed by atoms with van der Waals surface area (Å²) in [4.78, 5) is 18.0. The molecule has 0 saturated carbocycles. The molecule has 1 heterocycles. The molecule has 0 saturated heterocycles. The van der Waals surface area contributed by atoms with Gasteiger partial charge in [-0.1, -0.05) is 0 Å². The Kier molecular flexibility index (Phi) is 3.42. The quantitative estimate of drug-likeness (QED) is 0.785. The van der Waals surface area contributed by atoms with Crippen LogP contribution in [0.15, 0.2) is 18.7 Å². The van der Waals surface area contributed by atoms with Crippen LogP contribution in [0.5, 0.6) is 0 Å². The second kappa shape index (κ2) is 4.58. The molecular formula is C7H7F3N4O. The third-order valence-electron chi connectivity index (χ3n) is 1.27. The average molecular weight is 220 g/mol. The number of carbonyl (C=O) groups is 1. The lowest BCUT2D eigenvalue weighted by Crippen LogP contribution is -2.36. The molecule has 0 aliphatic rings. The molecule has 8 heteroatoms. The van der Waals surface area contributed by atoms with Crippen LogP contribution in [0, 0.1) is 0 Å². The number of hydrogen-bond acceptors (Lipinski definition) is 3. The van der Waals surface area contributed by atoms with E-state index in [2.05, 4.69) is 15.3 Å². The van der Waals surface area contributed by atoms with Crippen molar-refractivity contribution >= 4 is 11.7 Å². The zero-order chi connectivity index (χ0) is 11.3. The first-order chi connectivity index (χ1) is 6.97. The summed E-state index contributed by atoms with van der Waals surface area (Å²) >= 11 is 0. The van der Waals surface area contributed by atoms with Crippen LogP contribution in [-0.4, -0.2) is 28.7 Å². The number of carbonyl (C=O) groups excluding carboxylic acids is 1. The number of alkyl halides is 3. The van der Waals surface area contributed by atoms with Crippen LogP contribution >= 0.6 is 0 Å². The molecule has 2 N–H and O–H groups in total. The molecule has 1 aromatic rings. The lowest BCUT2D eigenvalue weighted by Gasteiger charge is -2.08. The highest BCUT2D eigenvalue weighted by Crippen LogP contribution is 2.12. The number of anilines is 1. The van der Waals surface area contributed by atoms with Gasteiger partial charge in [0.15, 0.2) is 0 Å². The van der Waals surface area contributed by atoms with Crippen LogP contribution in [0.2, 0.25) is 0 Å². The lowest BCUT2D eigenvalue weighted by molar-refractivity contribution is -0.122. The van der Waals surface area contributed by atoms with Crippen LogP contribution < -0.4 is 10.6 Å². The van der Waals surface area contributed by atoms with Crippen molar-refractivity contribution in [3.05, 3.63) is 18.7 Å². The zero-order valence-electron chi connectivity index (χ0n) is 7.38. The summed E-state index contributed by atoms with van der Waals surface area (Å²) in [6.45, 7) is -1.38. The van der Waals surface area contributed by atoms with Gasteiger partial charge in [0, 0.05) is 0 Å². The predicted octanol–water partition coefficient (Wildman–Crippen LogP) is 1.16. The van der Waals surface area contributed by atoms with Crippen molar-refractivity contribution in [3.8, 4) is 0 Å². The van der Waals surface area contributed by atoms with Crippen molar-refractivity contribution in [1.82, 2.24) is 15.3 Å². The largest absolute Gasteiger partial charge is 0.405 e. The summed E-state index contributed by atoms with van der Waals surface area (Å²) in [5, 5.41) is 3.78. The SMILES string of the molecule is O=C(NCC(F)(F)F)Nc1cncnc1. The third kappa shape index (κ3) is 4.79. The van der Waals surface area contributed by atoms with Crippen LogP contribution in [-0.2, 0) is 0 Å². The molecular weight excluding hydrogens is 213 g/mol. The second-order valence-electron chi connectivity index (χ2n) is 2.55. The van der Waals surface area contributed by atoms with E-state index in [9.17, 15) is 18.0 Å². The second-order valence-corrected chi connectivity index (χ2v) is 2.55. The number of halogens is 3. The van der Waals surface area contributed by atoms with Crippen LogP contribution in [0.4, 0.5) is 23.7 Å². The Morgan fingerprint density at radius 1 is 1.33 bits per heavy atom. The fourth-order valence-corrected chi connectivity index (χ4v) is 0.719. The monoisotopic (exact) mass is 220 g/mol. The zero-order valence-corrected chi connectivity index (χ0v) is 7.38. The van der Waals surface area contributed by atoms with E-state index in [4.69, 9.17) is 0 Å². The molecule has 0 atom stereocenters. The smallest absolute Gasteiger partial charge is 0.329 e. The van der Waals surface area contributed by atoms with E-state index in [1.807, 2.05) is 0 Å². The maximum absolute atomic E-state index is 11.7. The normalized spacial score (nSPS) is 10.9. The van der Waals surface area contributed by atoms with Gasteiger partial charge in [-0.25, -0.2) is 14.8 Å². The summed E-state index contributed by atoms with van der Waals surface area (Å²) in [5.74, 6) is 0. The highest BCUT2D eigenvalue weighted by Gasteiger charge is 2.27. The van der Waals surface area contributed by atoms with Crippen molar-refractivity contribution < 1.29 is 18.0 Å². The van der Waals surface area contributed by atoms with Crippen LogP contribution in [0.3, 0.4) is 0 Å². The number of aromatic nitrogens is 2. The number of amides is 2. The Hall–Kier alpha value is -1.86.